The van der Waals surface area contributed by atoms with Gasteiger partial charge >= 0.3 is 25.8 Å². The smallest absolute Gasteiger partial charge is 0.343 e. The van der Waals surface area contributed by atoms with Crippen LogP contribution in [0.1, 0.15) is 56.2 Å². The number of benzene rings is 5. The Kier molecular flexibility index (Phi) is 17.3. The van der Waals surface area contributed by atoms with Crippen molar-refractivity contribution in [2.75, 3.05) is 0 Å². The zero-order chi connectivity index (χ0) is 34.1. The fraction of sp³-hybridized carbons (Fsp3) is 0.170. The summed E-state index contributed by atoms with van der Waals surface area (Å²) in [6.45, 7) is 12.1. The fourth-order valence-electron chi connectivity index (χ4n) is 5.64. The van der Waals surface area contributed by atoms with E-state index >= 15 is 0 Å². The van der Waals surface area contributed by atoms with Crippen LogP contribution in [0.2, 0.25) is 0 Å². The summed E-state index contributed by atoms with van der Waals surface area (Å²) in [5, 5.41) is 6.88. The van der Waals surface area contributed by atoms with E-state index in [1.165, 1.54) is 84.9 Å². The van der Waals surface area contributed by atoms with Crippen molar-refractivity contribution in [1.29, 1.82) is 0 Å². The molecule has 7 aromatic carbocycles. The van der Waals surface area contributed by atoms with E-state index < -0.39 is 0 Å². The molecule has 0 saturated carbocycles. The molecule has 49 heavy (non-hydrogen) atoms. The molecule has 7 aromatic rings. The van der Waals surface area contributed by atoms with Crippen molar-refractivity contribution in [2.45, 2.75) is 53.4 Å². The third-order valence-electron chi connectivity index (χ3n) is 8.23. The summed E-state index contributed by atoms with van der Waals surface area (Å²) in [5.41, 5.74) is 9.28. The first kappa shape index (κ1) is 39.7. The van der Waals surface area contributed by atoms with E-state index in [2.05, 4.69) is 193 Å². The maximum Gasteiger partial charge on any atom is 4.00 e. The van der Waals surface area contributed by atoms with E-state index in [4.69, 9.17) is 0 Å². The maximum atomic E-state index is 3.60. The average molecular weight is 821 g/mol. The molecule has 0 atom stereocenters. The third-order valence-corrected chi connectivity index (χ3v) is 8.99. The van der Waals surface area contributed by atoms with Crippen LogP contribution in [0, 0.1) is 27.2 Å². The van der Waals surface area contributed by atoms with Gasteiger partial charge in [-0.2, -0.15) is 31.9 Å². The molecule has 0 bridgehead atoms. The van der Waals surface area contributed by atoms with Crippen molar-refractivity contribution in [1.82, 2.24) is 0 Å². The third kappa shape index (κ3) is 12.0. The molecule has 0 aromatic heterocycles. The average Bonchev–Trinajstić information content (AvgIpc) is 3.73. The first-order valence-electron chi connectivity index (χ1n) is 17.2. The minimum Gasteiger partial charge on any atom is -0.343 e. The molecule has 2 heteroatoms. The molecular weight excluding hydrogens is 771 g/mol. The van der Waals surface area contributed by atoms with E-state index in [0.29, 0.717) is 0 Å². The Labute approximate surface area is 317 Å². The number of fused-ring (bicyclic) bond motifs is 2. The molecule has 0 saturated heterocycles. The first-order valence-corrected chi connectivity index (χ1v) is 17.9. The summed E-state index contributed by atoms with van der Waals surface area (Å²) in [4.78, 5) is 0. The van der Waals surface area contributed by atoms with Crippen LogP contribution < -0.4 is 0 Å². The minimum absolute atomic E-state index is 0. The SMILES string of the molecule is C[CH-]CCC(=[SiH2])c1ccccc1.Cc1cc2c(-c3ccccc3)cccc2[cH-]1.Cc1cc2c(-c3ccccc3)cccc2[cH-]1.[CH2-]CCC.[Hf+4]. The van der Waals surface area contributed by atoms with Gasteiger partial charge in [0.25, 0.3) is 0 Å². The summed E-state index contributed by atoms with van der Waals surface area (Å²) in [7, 11) is 2.00. The van der Waals surface area contributed by atoms with Crippen molar-refractivity contribution in [3.63, 3.8) is 0 Å². The Balaban J connectivity index is 0.000000189. The molecule has 7 rings (SSSR count). The molecule has 0 amide bonds. The summed E-state index contributed by atoms with van der Waals surface area (Å²) < 4.78 is 0. The van der Waals surface area contributed by atoms with Crippen LogP contribution >= 0.6 is 0 Å². The van der Waals surface area contributed by atoms with E-state index in [0.717, 1.165) is 6.42 Å². The molecule has 0 fully saturated rings. The van der Waals surface area contributed by atoms with E-state index in [1.54, 1.807) is 0 Å². The van der Waals surface area contributed by atoms with Crippen molar-refractivity contribution in [3.8, 4) is 22.3 Å². The van der Waals surface area contributed by atoms with Gasteiger partial charge in [0, 0.05) is 0 Å². The predicted molar refractivity (Wildman–Crippen MR) is 218 cm³/mol. The van der Waals surface area contributed by atoms with Crippen LogP contribution in [0.25, 0.3) is 43.8 Å². The maximum absolute atomic E-state index is 3.60. The number of unbranched alkanes of at least 4 members (excludes halogenated alkanes) is 2. The first-order chi connectivity index (χ1) is 23.4. The summed E-state index contributed by atoms with van der Waals surface area (Å²) in [6, 6.07) is 53.7. The van der Waals surface area contributed by atoms with Gasteiger partial charge in [-0.3, -0.25) is 0 Å². The molecule has 0 unspecified atom stereocenters. The largest absolute Gasteiger partial charge is 4.00 e. The Hall–Kier alpha value is -3.72. The van der Waals surface area contributed by atoms with Crippen LogP contribution in [0.15, 0.2) is 152 Å². The Morgan fingerprint density at radius 1 is 0.633 bits per heavy atom. The van der Waals surface area contributed by atoms with Crippen LogP contribution in [-0.2, 0) is 25.8 Å². The number of rotatable bonds is 7. The second kappa shape index (κ2) is 21.4. The van der Waals surface area contributed by atoms with Gasteiger partial charge in [0.1, 0.15) is 0 Å². The minimum atomic E-state index is 0. The van der Waals surface area contributed by atoms with Crippen molar-refractivity contribution < 1.29 is 25.8 Å². The van der Waals surface area contributed by atoms with Gasteiger partial charge in [-0.05, 0) is 26.5 Å². The zero-order valence-corrected chi connectivity index (χ0v) is 34.8. The predicted octanol–water partition coefficient (Wildman–Crippen LogP) is 12.5. The monoisotopic (exact) mass is 822 g/mol. The number of aryl methyl sites for hydroxylation is 2. The molecule has 246 valence electrons. The van der Waals surface area contributed by atoms with Crippen LogP contribution in [0.3, 0.4) is 0 Å². The normalized spacial score (nSPS) is 10.1. The zero-order valence-electron chi connectivity index (χ0n) is 29.8. The van der Waals surface area contributed by atoms with Gasteiger partial charge in [0.05, 0.1) is 0 Å². The Morgan fingerprint density at radius 3 is 1.43 bits per heavy atom. The molecule has 0 spiro atoms. The molecule has 0 aliphatic rings. The Bertz CT molecular complexity index is 1830. The summed E-state index contributed by atoms with van der Waals surface area (Å²) in [5.74, 6) is 0. The van der Waals surface area contributed by atoms with Gasteiger partial charge < -0.3 is 13.3 Å². The fourth-order valence-corrected chi connectivity index (χ4v) is 6.08. The summed E-state index contributed by atoms with van der Waals surface area (Å²) in [6.07, 6.45) is 6.88. The van der Waals surface area contributed by atoms with Gasteiger partial charge in [-0.15, -0.1) is 69.1 Å². The molecule has 0 aliphatic carbocycles. The molecule has 0 aliphatic heterocycles. The Morgan fingerprint density at radius 2 is 1.04 bits per heavy atom. The van der Waals surface area contributed by atoms with E-state index in [1.807, 2.05) is 9.85 Å². The number of hydrogen-bond donors (Lipinski definition) is 0. The molecule has 0 heterocycles. The van der Waals surface area contributed by atoms with Crippen LogP contribution in [0.4, 0.5) is 0 Å². The molecule has 0 nitrogen and oxygen atoms in total. The quantitative estimate of drug-likeness (QED) is 0.111. The molecule has 0 N–H and O–H groups in total. The molecular formula is C47H50HfSi. The topological polar surface area (TPSA) is 0 Å². The number of hydrogen-bond acceptors (Lipinski definition) is 0. The van der Waals surface area contributed by atoms with Crippen LogP contribution in [-0.4, -0.2) is 15.0 Å². The second-order valence-electron chi connectivity index (χ2n) is 12.2. The van der Waals surface area contributed by atoms with Gasteiger partial charge in [0.2, 0.25) is 0 Å². The molecule has 0 radical (unpaired) electrons. The van der Waals surface area contributed by atoms with Crippen LogP contribution in [0.5, 0.6) is 0 Å². The van der Waals surface area contributed by atoms with Gasteiger partial charge in [-0.25, -0.2) is 0 Å². The van der Waals surface area contributed by atoms with E-state index in [-0.39, 0.29) is 25.8 Å². The second-order valence-corrected chi connectivity index (χ2v) is 13.0. The van der Waals surface area contributed by atoms with Crippen molar-refractivity contribution in [2.24, 2.45) is 0 Å². The summed E-state index contributed by atoms with van der Waals surface area (Å²) >= 11 is 0. The van der Waals surface area contributed by atoms with Crippen molar-refractivity contribution in [3.05, 3.63) is 182 Å². The standard InChI is InChI=1S/2C16H13.C11H15Si.C4H9.Hf/c2*1-12-10-14-8-5-9-15(16(14)11-12)13-6-3-2-4-7-13;1-2-3-9-11(12)10-7-5-4-6-8-10;1-3-4-2;/h2*2-11H,1H3;2,4-8H,3,9,12H2,1H3;1,3-4H2,2H3;/q4*-1;+4. The van der Waals surface area contributed by atoms with Gasteiger partial charge in [-0.1, -0.05) is 153 Å². The van der Waals surface area contributed by atoms with Gasteiger partial charge in [0.15, 0.2) is 0 Å². The van der Waals surface area contributed by atoms with Crippen molar-refractivity contribution >= 4 is 36.6 Å². The van der Waals surface area contributed by atoms with E-state index in [9.17, 15) is 0 Å².